The van der Waals surface area contributed by atoms with E-state index in [1.165, 1.54) is 18.2 Å². The molecule has 1 amide bonds. The van der Waals surface area contributed by atoms with Gasteiger partial charge in [-0.3, -0.25) is 19.7 Å². The molecule has 0 atom stereocenters. The molecule has 0 aliphatic carbocycles. The van der Waals surface area contributed by atoms with Gasteiger partial charge >= 0.3 is 0 Å². The van der Waals surface area contributed by atoms with E-state index in [4.69, 9.17) is 4.74 Å². The zero-order valence-electron chi connectivity index (χ0n) is 16.7. The van der Waals surface area contributed by atoms with Crippen molar-refractivity contribution < 1.29 is 24.4 Å². The van der Waals surface area contributed by atoms with Gasteiger partial charge in [-0.15, -0.1) is 0 Å². The highest BCUT2D eigenvalue weighted by atomic mass is 16.6. The first-order valence-corrected chi connectivity index (χ1v) is 9.84. The molecule has 0 fully saturated rings. The second kappa shape index (κ2) is 12.3. The molecule has 8 heteroatoms. The number of ether oxygens (including phenoxy) is 1. The van der Waals surface area contributed by atoms with Gasteiger partial charge in [-0.2, -0.15) is 0 Å². The Balaban J connectivity index is 1.75. The number of rotatable bonds is 13. The summed E-state index contributed by atoms with van der Waals surface area (Å²) < 4.78 is 5.53. The number of aliphatic hydroxyl groups excluding tert-OH is 1. The van der Waals surface area contributed by atoms with Crippen molar-refractivity contribution in [1.29, 1.82) is 0 Å². The highest BCUT2D eigenvalue weighted by Crippen LogP contribution is 2.26. The normalized spacial score (nSPS) is 10.4. The first-order valence-electron chi connectivity index (χ1n) is 9.84. The fraction of sp³-hybridized carbons (Fsp3) is 0.364. The summed E-state index contributed by atoms with van der Waals surface area (Å²) in [5.74, 6) is 0.169. The van der Waals surface area contributed by atoms with Gasteiger partial charge in [0.2, 0.25) is 5.91 Å². The number of hydrogen-bond donors (Lipinski definition) is 1. The van der Waals surface area contributed by atoms with Gasteiger partial charge in [0.25, 0.3) is 5.69 Å². The van der Waals surface area contributed by atoms with E-state index in [9.17, 15) is 24.8 Å². The van der Waals surface area contributed by atoms with Crippen LogP contribution < -0.4 is 4.74 Å². The highest BCUT2D eigenvalue weighted by Gasteiger charge is 2.18. The molecule has 8 nitrogen and oxygen atoms in total. The molecule has 0 saturated heterocycles. The zero-order chi connectivity index (χ0) is 21.8. The van der Waals surface area contributed by atoms with Crippen molar-refractivity contribution in [3.05, 3.63) is 69.8 Å². The van der Waals surface area contributed by atoms with Gasteiger partial charge < -0.3 is 14.7 Å². The Morgan fingerprint density at radius 2 is 1.87 bits per heavy atom. The lowest BCUT2D eigenvalue weighted by Crippen LogP contribution is -2.32. The summed E-state index contributed by atoms with van der Waals surface area (Å²) in [6.45, 7) is 0.956. The SMILES string of the molecule is O=Cc1c(OCCCCCC(=O)N(CCO)Cc2ccccc2)cccc1[N+](=O)[O-]. The number of aldehydes is 1. The molecule has 2 rings (SSSR count). The first-order chi connectivity index (χ1) is 14.6. The van der Waals surface area contributed by atoms with Gasteiger partial charge in [-0.1, -0.05) is 36.4 Å². The Morgan fingerprint density at radius 3 is 2.53 bits per heavy atom. The average Bonchev–Trinajstić information content (AvgIpc) is 2.76. The summed E-state index contributed by atoms with van der Waals surface area (Å²) >= 11 is 0. The average molecular weight is 414 g/mol. The maximum Gasteiger partial charge on any atom is 0.283 e. The van der Waals surface area contributed by atoms with E-state index in [1.807, 2.05) is 30.3 Å². The van der Waals surface area contributed by atoms with E-state index in [0.29, 0.717) is 38.7 Å². The summed E-state index contributed by atoms with van der Waals surface area (Å²) in [6.07, 6.45) is 2.83. The minimum Gasteiger partial charge on any atom is -0.493 e. The van der Waals surface area contributed by atoms with Crippen LogP contribution in [0.4, 0.5) is 5.69 Å². The molecule has 160 valence electrons. The van der Waals surface area contributed by atoms with Crippen LogP contribution in [0.3, 0.4) is 0 Å². The third kappa shape index (κ3) is 6.97. The fourth-order valence-corrected chi connectivity index (χ4v) is 3.05. The van der Waals surface area contributed by atoms with Crippen molar-refractivity contribution in [2.75, 3.05) is 19.8 Å². The minimum absolute atomic E-state index is 0.0178. The molecule has 0 bridgehead atoms. The second-order valence-electron chi connectivity index (χ2n) is 6.75. The van der Waals surface area contributed by atoms with Crippen LogP contribution in [0.25, 0.3) is 0 Å². The van der Waals surface area contributed by atoms with E-state index in [0.717, 1.165) is 12.0 Å². The molecule has 0 radical (unpaired) electrons. The molecular formula is C22H26N2O6. The topological polar surface area (TPSA) is 110 Å². The maximum absolute atomic E-state index is 12.5. The van der Waals surface area contributed by atoms with Crippen LogP contribution in [0.5, 0.6) is 5.75 Å². The predicted octanol–water partition coefficient (Wildman–Crippen LogP) is 3.37. The first kappa shape index (κ1) is 23.0. The molecule has 0 aromatic heterocycles. The summed E-state index contributed by atoms with van der Waals surface area (Å²) in [6, 6.07) is 13.9. The summed E-state index contributed by atoms with van der Waals surface area (Å²) in [5, 5.41) is 20.2. The summed E-state index contributed by atoms with van der Waals surface area (Å²) in [7, 11) is 0. The Hall–Kier alpha value is -3.26. The smallest absolute Gasteiger partial charge is 0.283 e. The molecule has 0 aliphatic heterocycles. The van der Waals surface area contributed by atoms with E-state index in [1.54, 1.807) is 4.90 Å². The van der Waals surface area contributed by atoms with Crippen LogP contribution in [0.1, 0.15) is 41.6 Å². The van der Waals surface area contributed by atoms with Gasteiger partial charge in [0.15, 0.2) is 6.29 Å². The number of unbranched alkanes of at least 4 members (excludes halogenated alkanes) is 2. The molecule has 2 aromatic rings. The van der Waals surface area contributed by atoms with Crippen molar-refractivity contribution in [2.24, 2.45) is 0 Å². The number of benzene rings is 2. The number of nitrogens with zero attached hydrogens (tertiary/aromatic N) is 2. The molecule has 0 saturated carbocycles. The van der Waals surface area contributed by atoms with E-state index < -0.39 is 4.92 Å². The summed E-state index contributed by atoms with van der Waals surface area (Å²) in [4.78, 5) is 35.6. The van der Waals surface area contributed by atoms with Crippen LogP contribution in [-0.2, 0) is 11.3 Å². The third-order valence-electron chi connectivity index (χ3n) is 4.59. The van der Waals surface area contributed by atoms with Crippen molar-refractivity contribution in [1.82, 2.24) is 4.90 Å². The van der Waals surface area contributed by atoms with Gasteiger partial charge in [0.1, 0.15) is 11.3 Å². The molecule has 0 unspecified atom stereocenters. The van der Waals surface area contributed by atoms with Gasteiger partial charge in [0.05, 0.1) is 18.1 Å². The monoisotopic (exact) mass is 414 g/mol. The lowest BCUT2D eigenvalue weighted by molar-refractivity contribution is -0.385. The molecule has 30 heavy (non-hydrogen) atoms. The molecule has 2 aromatic carbocycles. The van der Waals surface area contributed by atoms with E-state index in [-0.39, 0.29) is 36.1 Å². The van der Waals surface area contributed by atoms with Gasteiger partial charge in [-0.25, -0.2) is 0 Å². The standard InChI is InChI=1S/C22H26N2O6/c25-14-13-23(16-18-8-3-1-4-9-18)22(27)12-5-2-6-15-30-21-11-7-10-20(24(28)29)19(21)17-26/h1,3-4,7-11,17,25H,2,5-6,12-16H2. The van der Waals surface area contributed by atoms with E-state index >= 15 is 0 Å². The van der Waals surface area contributed by atoms with Crippen LogP contribution >= 0.6 is 0 Å². The zero-order valence-corrected chi connectivity index (χ0v) is 16.7. The Morgan fingerprint density at radius 1 is 1.10 bits per heavy atom. The van der Waals surface area contributed by atoms with Crippen molar-refractivity contribution >= 4 is 17.9 Å². The summed E-state index contributed by atoms with van der Waals surface area (Å²) in [5.41, 5.74) is 0.657. The lowest BCUT2D eigenvalue weighted by atomic mass is 10.1. The van der Waals surface area contributed by atoms with Crippen LogP contribution in [0.2, 0.25) is 0 Å². The van der Waals surface area contributed by atoms with Crippen LogP contribution in [0, 0.1) is 10.1 Å². The Labute approximate surface area is 175 Å². The van der Waals surface area contributed by atoms with Crippen LogP contribution in [0.15, 0.2) is 48.5 Å². The maximum atomic E-state index is 12.5. The minimum atomic E-state index is -0.615. The van der Waals surface area contributed by atoms with Crippen molar-refractivity contribution in [3.63, 3.8) is 0 Å². The molecule has 1 N–H and O–H groups in total. The molecule has 0 spiro atoms. The number of amides is 1. The molecule has 0 heterocycles. The number of nitro groups is 1. The van der Waals surface area contributed by atoms with Crippen LogP contribution in [-0.4, -0.2) is 46.9 Å². The predicted molar refractivity (Wildman–Crippen MR) is 111 cm³/mol. The number of nitro benzene ring substituents is 1. The highest BCUT2D eigenvalue weighted by molar-refractivity contribution is 5.85. The Kier molecular flexibility index (Phi) is 9.47. The van der Waals surface area contributed by atoms with Crippen molar-refractivity contribution in [3.8, 4) is 5.75 Å². The van der Waals surface area contributed by atoms with Gasteiger partial charge in [-0.05, 0) is 30.9 Å². The van der Waals surface area contributed by atoms with Gasteiger partial charge in [0, 0.05) is 25.6 Å². The fourth-order valence-electron chi connectivity index (χ4n) is 3.05. The second-order valence-corrected chi connectivity index (χ2v) is 6.75. The number of hydrogen-bond acceptors (Lipinski definition) is 6. The Bertz CT molecular complexity index is 841. The largest absolute Gasteiger partial charge is 0.493 e. The third-order valence-corrected chi connectivity index (χ3v) is 4.59. The van der Waals surface area contributed by atoms with E-state index in [2.05, 4.69) is 0 Å². The number of carbonyl (C=O) groups excluding carboxylic acids is 2. The molecular weight excluding hydrogens is 388 g/mol. The quantitative estimate of drug-likeness (QED) is 0.233. The van der Waals surface area contributed by atoms with Crippen molar-refractivity contribution in [2.45, 2.75) is 32.2 Å². The lowest BCUT2D eigenvalue weighted by Gasteiger charge is -2.22. The number of aliphatic hydroxyl groups is 1. The molecule has 0 aliphatic rings. The number of carbonyl (C=O) groups is 2.